The Morgan fingerprint density at radius 2 is 1.77 bits per heavy atom. The average Bonchev–Trinajstić information content (AvgIpc) is 3.80. The highest BCUT2D eigenvalue weighted by Gasteiger charge is 2.69. The first-order valence-electron chi connectivity index (χ1n) is 15.4. The van der Waals surface area contributed by atoms with Crippen molar-refractivity contribution in [3.8, 4) is 11.5 Å². The molecule has 1 aromatic heterocycles. The summed E-state index contributed by atoms with van der Waals surface area (Å²) in [6.45, 7) is 1.69. The van der Waals surface area contributed by atoms with Gasteiger partial charge in [-0.3, -0.25) is 24.1 Å². The minimum absolute atomic E-state index is 0.00671. The summed E-state index contributed by atoms with van der Waals surface area (Å²) in [5.41, 5.74) is 2.96. The number of nitrogens with zero attached hydrogens (tertiary/aromatic N) is 1. The van der Waals surface area contributed by atoms with Gasteiger partial charge in [-0.15, -0.1) is 11.8 Å². The van der Waals surface area contributed by atoms with Crippen LogP contribution in [0.3, 0.4) is 0 Å². The number of carbonyl (C=O) groups is 3. The van der Waals surface area contributed by atoms with Crippen LogP contribution in [0.2, 0.25) is 5.02 Å². The van der Waals surface area contributed by atoms with Crippen molar-refractivity contribution in [2.75, 3.05) is 23.9 Å². The normalized spacial score (nSPS) is 27.0. The molecule has 3 aromatic carbocycles. The summed E-state index contributed by atoms with van der Waals surface area (Å²) in [6.07, 6.45) is 0.747. The molecule has 3 fully saturated rings. The number of carbonyl (C=O) groups excluding carboxylic acids is 3. The van der Waals surface area contributed by atoms with Gasteiger partial charge < -0.3 is 19.8 Å². The Hall–Kier alpha value is -4.06. The molecule has 4 aromatic rings. The molecular formula is C35H30ClN3O6S2. The van der Waals surface area contributed by atoms with Gasteiger partial charge >= 0.3 is 4.87 Å². The Morgan fingerprint density at radius 3 is 2.51 bits per heavy atom. The van der Waals surface area contributed by atoms with Crippen molar-refractivity contribution in [3.63, 3.8) is 0 Å². The van der Waals surface area contributed by atoms with Crippen molar-refractivity contribution in [2.45, 2.75) is 29.5 Å². The number of nitrogens with one attached hydrogen (secondary N) is 2. The fourth-order valence-electron chi connectivity index (χ4n) is 8.29. The van der Waals surface area contributed by atoms with Crippen molar-refractivity contribution < 1.29 is 23.9 Å². The van der Waals surface area contributed by atoms with Gasteiger partial charge in [-0.25, -0.2) is 0 Å². The first-order valence-corrected chi connectivity index (χ1v) is 17.5. The molecule has 3 amide bonds. The number of anilines is 2. The summed E-state index contributed by atoms with van der Waals surface area (Å²) in [5, 5.41) is 4.18. The number of imide groups is 1. The number of benzene rings is 3. The number of aromatic nitrogens is 1. The van der Waals surface area contributed by atoms with Crippen molar-refractivity contribution in [1.82, 2.24) is 4.98 Å². The van der Waals surface area contributed by atoms with E-state index in [1.165, 1.54) is 4.90 Å². The number of hydrogen-bond donors (Lipinski definition) is 2. The van der Waals surface area contributed by atoms with Crippen molar-refractivity contribution in [2.24, 2.45) is 29.6 Å². The zero-order valence-corrected chi connectivity index (χ0v) is 27.8. The smallest absolute Gasteiger partial charge is 0.305 e. The number of H-pyrrole nitrogens is 1. The number of methoxy groups -OCH3 is 1. The van der Waals surface area contributed by atoms with Crippen LogP contribution in [0.4, 0.5) is 11.4 Å². The van der Waals surface area contributed by atoms with Crippen LogP contribution in [0.25, 0.3) is 0 Å². The number of amides is 3. The molecule has 2 saturated carbocycles. The highest BCUT2D eigenvalue weighted by molar-refractivity contribution is 8.00. The SMILES string of the molecule is COc1ccc(N2C(=O)C3C4CC(C3C2=O)C2C4Sc3[nH]c(=O)sc3[C@@H]2c2cc(Cl)ccc2OCC(=O)Nc2ccccc2C)cc1. The third-order valence-corrected chi connectivity index (χ3v) is 13.0. The summed E-state index contributed by atoms with van der Waals surface area (Å²) in [4.78, 5) is 58.9. The number of fused-ring (bicyclic) bond motifs is 9. The molecule has 2 aliphatic heterocycles. The fourth-order valence-corrected chi connectivity index (χ4v) is 11.3. The van der Waals surface area contributed by atoms with Gasteiger partial charge in [-0.2, -0.15) is 0 Å². The highest BCUT2D eigenvalue weighted by Crippen LogP contribution is 2.69. The Balaban J connectivity index is 1.14. The molecule has 3 heterocycles. The van der Waals surface area contributed by atoms with E-state index in [-0.39, 0.29) is 58.1 Å². The van der Waals surface area contributed by atoms with Gasteiger partial charge in [0.2, 0.25) is 11.8 Å². The quantitative estimate of drug-likeness (QED) is 0.226. The van der Waals surface area contributed by atoms with Crippen LogP contribution in [0, 0.1) is 36.5 Å². The maximum atomic E-state index is 14.1. The van der Waals surface area contributed by atoms with Crippen LogP contribution in [0.15, 0.2) is 76.6 Å². The van der Waals surface area contributed by atoms with Crippen LogP contribution in [0.5, 0.6) is 11.5 Å². The summed E-state index contributed by atoms with van der Waals surface area (Å²) >= 11 is 9.37. The standard InChI is InChI=1S/C35H30ClN3O6S2/c1-16-5-3-4-6-23(16)37-25(40)15-45-24-12-7-17(36)13-20(24)26-27-21-14-22(30(27)46-32-31(26)47-35(43)38-32)29-28(21)33(41)39(34(29)42)18-8-10-19(44-2)11-9-18/h3-13,21-22,26-30H,14-15H2,1-2H3,(H,37,40)(H,38,43)/t21?,22?,26-,27?,28?,29?,30?/m1/s1. The van der Waals surface area contributed by atoms with Gasteiger partial charge in [0.15, 0.2) is 6.61 Å². The van der Waals surface area contributed by atoms with Crippen molar-refractivity contribution in [1.29, 1.82) is 0 Å². The second kappa shape index (κ2) is 11.6. The van der Waals surface area contributed by atoms with Crippen LogP contribution in [-0.4, -0.2) is 41.7 Å². The van der Waals surface area contributed by atoms with Gasteiger partial charge in [-0.05, 0) is 85.2 Å². The number of aryl methyl sites for hydroxylation is 1. The van der Waals surface area contributed by atoms with E-state index in [4.69, 9.17) is 21.1 Å². The number of ether oxygens (including phenoxy) is 2. The van der Waals surface area contributed by atoms with E-state index in [0.29, 0.717) is 27.9 Å². The number of halogens is 1. The predicted molar refractivity (Wildman–Crippen MR) is 181 cm³/mol. The summed E-state index contributed by atoms with van der Waals surface area (Å²) in [6, 6.07) is 19.8. The summed E-state index contributed by atoms with van der Waals surface area (Å²) in [7, 11) is 1.57. The van der Waals surface area contributed by atoms with Crippen molar-refractivity contribution >= 4 is 63.8 Å². The molecule has 0 spiro atoms. The summed E-state index contributed by atoms with van der Waals surface area (Å²) in [5.74, 6) is -0.892. The Morgan fingerprint density at radius 1 is 1.02 bits per heavy atom. The molecule has 240 valence electrons. The molecule has 8 rings (SSSR count). The highest BCUT2D eigenvalue weighted by atomic mass is 35.5. The predicted octanol–water partition coefficient (Wildman–Crippen LogP) is 6.10. The maximum absolute atomic E-state index is 14.1. The van der Waals surface area contributed by atoms with Gasteiger partial charge in [0.1, 0.15) is 11.5 Å². The number of para-hydroxylation sites is 1. The molecule has 2 N–H and O–H groups in total. The number of rotatable bonds is 7. The molecule has 2 bridgehead atoms. The molecule has 6 unspecified atom stereocenters. The van der Waals surface area contributed by atoms with Gasteiger partial charge in [-0.1, -0.05) is 41.1 Å². The lowest BCUT2D eigenvalue weighted by Crippen LogP contribution is -2.42. The van der Waals surface area contributed by atoms with Crippen LogP contribution in [-0.2, 0) is 14.4 Å². The zero-order valence-electron chi connectivity index (χ0n) is 25.4. The molecule has 1 saturated heterocycles. The van der Waals surface area contributed by atoms with E-state index in [2.05, 4.69) is 10.3 Å². The molecule has 2 aliphatic carbocycles. The minimum Gasteiger partial charge on any atom is -0.497 e. The first-order chi connectivity index (χ1) is 22.7. The lowest BCUT2D eigenvalue weighted by Gasteiger charge is -2.43. The first kappa shape index (κ1) is 30.3. The Kier molecular flexibility index (Phi) is 7.46. The second-order valence-corrected chi connectivity index (χ2v) is 15.1. The molecule has 0 radical (unpaired) electrons. The summed E-state index contributed by atoms with van der Waals surface area (Å²) < 4.78 is 11.5. The molecule has 4 aliphatic rings. The topological polar surface area (TPSA) is 118 Å². The van der Waals surface area contributed by atoms with E-state index < -0.39 is 11.8 Å². The van der Waals surface area contributed by atoms with Crippen LogP contribution in [0.1, 0.15) is 28.3 Å². The van der Waals surface area contributed by atoms with E-state index in [0.717, 1.165) is 38.8 Å². The van der Waals surface area contributed by atoms with E-state index in [9.17, 15) is 19.2 Å². The average molecular weight is 688 g/mol. The number of hydrogen-bond acceptors (Lipinski definition) is 8. The largest absolute Gasteiger partial charge is 0.497 e. The van der Waals surface area contributed by atoms with Crippen LogP contribution >= 0.6 is 34.7 Å². The minimum atomic E-state index is -0.459. The van der Waals surface area contributed by atoms with Gasteiger partial charge in [0.05, 0.1) is 29.7 Å². The van der Waals surface area contributed by atoms with Gasteiger partial charge in [0, 0.05) is 32.3 Å². The second-order valence-electron chi connectivity index (χ2n) is 12.5. The molecule has 12 heteroatoms. The van der Waals surface area contributed by atoms with E-state index in [1.54, 1.807) is 55.3 Å². The number of thiazole rings is 1. The lowest BCUT2D eigenvalue weighted by molar-refractivity contribution is -0.123. The third-order valence-electron chi connectivity index (χ3n) is 10.1. The van der Waals surface area contributed by atoms with Crippen molar-refractivity contribution in [3.05, 3.63) is 97.4 Å². The Labute approximate surface area is 283 Å². The fraction of sp³-hybridized carbons (Fsp3) is 0.314. The zero-order chi connectivity index (χ0) is 32.6. The molecule has 9 nitrogen and oxygen atoms in total. The lowest BCUT2D eigenvalue weighted by atomic mass is 9.68. The number of thioether (sulfide) groups is 1. The van der Waals surface area contributed by atoms with E-state index >= 15 is 0 Å². The van der Waals surface area contributed by atoms with Gasteiger partial charge in [0.25, 0.3) is 5.91 Å². The monoisotopic (exact) mass is 687 g/mol. The molecule has 7 atom stereocenters. The van der Waals surface area contributed by atoms with E-state index in [1.807, 2.05) is 37.3 Å². The number of aromatic amines is 1. The third kappa shape index (κ3) is 4.89. The van der Waals surface area contributed by atoms with Crippen LogP contribution < -0.4 is 24.6 Å². The Bertz CT molecular complexity index is 1990. The maximum Gasteiger partial charge on any atom is 0.305 e. The molecule has 47 heavy (non-hydrogen) atoms. The molecular weight excluding hydrogens is 658 g/mol.